The third-order valence-electron chi connectivity index (χ3n) is 6.00. The van der Waals surface area contributed by atoms with Gasteiger partial charge in [-0.1, -0.05) is 52.3 Å². The molecule has 0 bridgehead atoms. The molecule has 0 aliphatic heterocycles. The summed E-state index contributed by atoms with van der Waals surface area (Å²) >= 11 is 8.95. The van der Waals surface area contributed by atoms with Gasteiger partial charge in [0.15, 0.2) is 0 Å². The van der Waals surface area contributed by atoms with Crippen molar-refractivity contribution >= 4 is 39.3 Å². The number of hydrogen-bond donors (Lipinski definition) is 2. The summed E-state index contributed by atoms with van der Waals surface area (Å²) in [6.45, 7) is 5.02. The summed E-state index contributed by atoms with van der Waals surface area (Å²) in [6, 6.07) is 26.6. The highest BCUT2D eigenvalue weighted by molar-refractivity contribution is 9.09. The van der Waals surface area contributed by atoms with Gasteiger partial charge < -0.3 is 20.9 Å². The molecule has 208 valence electrons. The minimum absolute atomic E-state index is 0.408. The Balaban J connectivity index is 0.000000220. The topological polar surface area (TPSA) is 105 Å². The summed E-state index contributed by atoms with van der Waals surface area (Å²) in [6.07, 6.45) is 0. The Kier molecular flexibility index (Phi) is 11.6. The molecule has 0 atom stereocenters. The van der Waals surface area contributed by atoms with Crippen LogP contribution in [0.1, 0.15) is 31.8 Å². The highest BCUT2D eigenvalue weighted by atomic mass is 79.9. The first-order valence-electron chi connectivity index (χ1n) is 12.6. The Bertz CT molecular complexity index is 1360. The molecule has 0 fully saturated rings. The molecule has 6 nitrogen and oxygen atoms in total. The van der Waals surface area contributed by atoms with E-state index in [0.717, 1.165) is 50.2 Å². The molecule has 4 rings (SSSR count). The smallest absolute Gasteiger partial charge is 0.248 e. The van der Waals surface area contributed by atoms with Gasteiger partial charge in [0, 0.05) is 16.5 Å². The van der Waals surface area contributed by atoms with Crippen molar-refractivity contribution in [3.05, 3.63) is 107 Å². The Morgan fingerprint density at radius 2 is 1.15 bits per heavy atom. The zero-order chi connectivity index (χ0) is 29.1. The molecule has 0 saturated heterocycles. The van der Waals surface area contributed by atoms with Gasteiger partial charge in [-0.3, -0.25) is 9.59 Å². The number of primary amides is 2. The number of halogens is 2. The number of aryl methyl sites for hydroxylation is 2. The minimum Gasteiger partial charge on any atom is -0.493 e. The number of amides is 2. The van der Waals surface area contributed by atoms with Crippen LogP contribution in [0.25, 0.3) is 22.3 Å². The number of carbonyl (C=O) groups excluding carboxylic acids is 2. The first kappa shape index (κ1) is 30.7. The van der Waals surface area contributed by atoms with E-state index in [2.05, 4.69) is 15.9 Å². The van der Waals surface area contributed by atoms with Gasteiger partial charge in [0.2, 0.25) is 11.8 Å². The van der Waals surface area contributed by atoms with Gasteiger partial charge in [-0.25, -0.2) is 0 Å². The van der Waals surface area contributed by atoms with Crippen LogP contribution in [-0.2, 0) is 0 Å². The monoisotopic (exact) mass is 622 g/mol. The zero-order valence-electron chi connectivity index (χ0n) is 22.5. The summed E-state index contributed by atoms with van der Waals surface area (Å²) in [5.74, 6) is 1.24. The molecule has 8 heteroatoms. The van der Waals surface area contributed by atoms with E-state index in [1.807, 2.05) is 80.6 Å². The van der Waals surface area contributed by atoms with Crippen LogP contribution in [0.15, 0.2) is 84.9 Å². The van der Waals surface area contributed by atoms with Crippen molar-refractivity contribution in [2.45, 2.75) is 13.8 Å². The predicted molar refractivity (Wildman–Crippen MR) is 166 cm³/mol. The van der Waals surface area contributed by atoms with E-state index in [-0.39, 0.29) is 0 Å². The molecule has 0 heterocycles. The Labute approximate surface area is 248 Å². The molecule has 4 N–H and O–H groups in total. The van der Waals surface area contributed by atoms with Crippen LogP contribution in [0.2, 0.25) is 0 Å². The third-order valence-corrected chi connectivity index (χ3v) is 6.48. The second-order valence-corrected chi connectivity index (χ2v) is 10.1. The van der Waals surface area contributed by atoms with Gasteiger partial charge in [-0.15, -0.1) is 11.6 Å². The molecule has 0 radical (unpaired) electrons. The average molecular weight is 624 g/mol. The molecule has 2 amide bonds. The van der Waals surface area contributed by atoms with E-state index < -0.39 is 11.8 Å². The minimum atomic E-state index is -0.418. The number of alkyl halides is 2. The summed E-state index contributed by atoms with van der Waals surface area (Å²) < 4.78 is 11.1. The summed E-state index contributed by atoms with van der Waals surface area (Å²) in [7, 11) is 0. The molecule has 0 aromatic heterocycles. The van der Waals surface area contributed by atoms with E-state index in [0.29, 0.717) is 30.2 Å². The lowest BCUT2D eigenvalue weighted by Crippen LogP contribution is -2.10. The first-order valence-corrected chi connectivity index (χ1v) is 14.3. The quantitative estimate of drug-likeness (QED) is 0.187. The third kappa shape index (κ3) is 8.60. The van der Waals surface area contributed by atoms with E-state index in [1.165, 1.54) is 0 Å². The maximum Gasteiger partial charge on any atom is 0.248 e. The highest BCUT2D eigenvalue weighted by Gasteiger charge is 2.08. The van der Waals surface area contributed by atoms with Crippen LogP contribution in [0, 0.1) is 13.8 Å². The molecule has 0 aliphatic carbocycles. The lowest BCUT2D eigenvalue weighted by molar-refractivity contribution is 0.0992. The number of hydrogen-bond acceptors (Lipinski definition) is 4. The lowest BCUT2D eigenvalue weighted by Gasteiger charge is -2.10. The van der Waals surface area contributed by atoms with Crippen molar-refractivity contribution < 1.29 is 19.1 Å². The Morgan fingerprint density at radius 1 is 0.700 bits per heavy atom. The fraction of sp³-hybridized carbons (Fsp3) is 0.188. The fourth-order valence-corrected chi connectivity index (χ4v) is 4.34. The summed E-state index contributed by atoms with van der Waals surface area (Å²) in [5.41, 5.74) is 17.8. The number of rotatable bonds is 10. The van der Waals surface area contributed by atoms with Crippen LogP contribution < -0.4 is 20.9 Å². The normalized spacial score (nSPS) is 10.3. The summed E-state index contributed by atoms with van der Waals surface area (Å²) in [5, 5.41) is 0.795. The number of carbonyl (C=O) groups is 2. The van der Waals surface area contributed by atoms with Crippen molar-refractivity contribution in [3.8, 4) is 33.8 Å². The van der Waals surface area contributed by atoms with Crippen LogP contribution in [0.3, 0.4) is 0 Å². The molecule has 0 spiro atoms. The van der Waals surface area contributed by atoms with Gasteiger partial charge in [-0.05, 0) is 95.8 Å². The van der Waals surface area contributed by atoms with E-state index in [4.69, 9.17) is 32.5 Å². The molecule has 0 unspecified atom stereocenters. The SMILES string of the molecule is Cc1cc(C(N)=O)ccc1-c1cccc(OCCBr)c1.Cc1cc(C(N)=O)ccc1-c1cccc(OCCCl)c1. The van der Waals surface area contributed by atoms with Gasteiger partial charge in [-0.2, -0.15) is 0 Å². The fourth-order valence-electron chi connectivity index (χ4n) is 4.10. The second-order valence-electron chi connectivity index (χ2n) is 8.92. The zero-order valence-corrected chi connectivity index (χ0v) is 24.8. The molecule has 0 saturated carbocycles. The molecule has 4 aromatic carbocycles. The lowest BCUT2D eigenvalue weighted by atomic mass is 9.98. The van der Waals surface area contributed by atoms with E-state index in [9.17, 15) is 9.59 Å². The van der Waals surface area contributed by atoms with Crippen molar-refractivity contribution in [2.75, 3.05) is 24.4 Å². The van der Waals surface area contributed by atoms with Gasteiger partial charge in [0.25, 0.3) is 0 Å². The van der Waals surface area contributed by atoms with Gasteiger partial charge in [0.1, 0.15) is 18.1 Å². The highest BCUT2D eigenvalue weighted by Crippen LogP contribution is 2.28. The van der Waals surface area contributed by atoms with Crippen molar-refractivity contribution in [2.24, 2.45) is 11.5 Å². The maximum atomic E-state index is 11.2. The van der Waals surface area contributed by atoms with Gasteiger partial charge in [0.05, 0.1) is 12.5 Å². The summed E-state index contributed by atoms with van der Waals surface area (Å²) in [4.78, 5) is 22.3. The number of nitrogens with two attached hydrogens (primary N) is 2. The van der Waals surface area contributed by atoms with E-state index >= 15 is 0 Å². The van der Waals surface area contributed by atoms with Crippen LogP contribution >= 0.6 is 27.5 Å². The van der Waals surface area contributed by atoms with Crippen molar-refractivity contribution in [1.29, 1.82) is 0 Å². The number of benzene rings is 4. The Hall–Kier alpha value is -3.81. The molecule has 4 aromatic rings. The standard InChI is InChI=1S/C16H16BrNO2.C16H16ClNO2/c2*1-11-9-13(16(18)19)5-6-15(11)12-3-2-4-14(10-12)20-8-7-17/h2*2-6,9-10H,7-8H2,1H3,(H2,18,19). The van der Waals surface area contributed by atoms with Gasteiger partial charge >= 0.3 is 0 Å². The molecular formula is C32H32BrClN2O4. The average Bonchev–Trinajstić information content (AvgIpc) is 2.95. The largest absolute Gasteiger partial charge is 0.493 e. The van der Waals surface area contributed by atoms with Crippen LogP contribution in [0.5, 0.6) is 11.5 Å². The van der Waals surface area contributed by atoms with Crippen LogP contribution in [-0.4, -0.2) is 36.2 Å². The molecule has 0 aliphatic rings. The maximum absolute atomic E-state index is 11.2. The molecular weight excluding hydrogens is 592 g/mol. The number of ether oxygens (including phenoxy) is 2. The first-order chi connectivity index (χ1) is 19.2. The van der Waals surface area contributed by atoms with E-state index in [1.54, 1.807) is 18.2 Å². The molecule has 40 heavy (non-hydrogen) atoms. The predicted octanol–water partition coefficient (Wildman–Crippen LogP) is 6.91. The Morgan fingerprint density at radius 3 is 1.52 bits per heavy atom. The van der Waals surface area contributed by atoms with Crippen molar-refractivity contribution in [3.63, 3.8) is 0 Å². The van der Waals surface area contributed by atoms with Crippen LogP contribution in [0.4, 0.5) is 0 Å². The second kappa shape index (κ2) is 15.1. The van der Waals surface area contributed by atoms with Crippen molar-refractivity contribution in [1.82, 2.24) is 0 Å².